The summed E-state index contributed by atoms with van der Waals surface area (Å²) in [6.07, 6.45) is -14.9. The number of benzene rings is 3. The Morgan fingerprint density at radius 2 is 0.667 bits per heavy atom. The Balaban J connectivity index is 2.43. The number of rotatable bonds is 5. The van der Waals surface area contributed by atoms with Gasteiger partial charge in [-0.2, -0.15) is 64.7 Å². The zero-order chi connectivity index (χ0) is 29.7. The van der Waals surface area contributed by atoms with Gasteiger partial charge in [-0.3, -0.25) is 0 Å². The molecule has 17 heteroatoms. The third-order valence-electron chi connectivity index (χ3n) is 5.02. The van der Waals surface area contributed by atoms with Crippen molar-refractivity contribution in [2.45, 2.75) is 38.7 Å². The van der Waals surface area contributed by atoms with Crippen LogP contribution in [0.2, 0.25) is 0 Å². The highest BCUT2D eigenvalue weighted by Crippen LogP contribution is 2.71. The summed E-state index contributed by atoms with van der Waals surface area (Å²) in [5.41, 5.74) is -10.1. The average molecular weight is 616 g/mol. The molecule has 3 aromatic rings. The van der Waals surface area contributed by atoms with Crippen molar-refractivity contribution in [2.75, 3.05) is 0 Å². The standard InChI is InChI=1S/C22H12F12O3S2/c23-19(24,25)13-1-7-16(8-2-13)38(37-39(35,36)22(32,33)34,17-9-3-14(4-10-17)20(26,27)28)18-11-5-15(6-12-18)21(29,30)31/h1-12H. The summed E-state index contributed by atoms with van der Waals surface area (Å²) in [5.74, 6) is 0. The maximum Gasteiger partial charge on any atom is 0.524 e. The average Bonchev–Trinajstić information content (AvgIpc) is 2.80. The van der Waals surface area contributed by atoms with E-state index in [0.717, 1.165) is 0 Å². The molecule has 0 aliphatic heterocycles. The van der Waals surface area contributed by atoms with Gasteiger partial charge in [-0.15, -0.1) is 0 Å². The van der Waals surface area contributed by atoms with Crippen LogP contribution in [0.15, 0.2) is 87.5 Å². The SMILES string of the molecule is O=S(=O)(OS(c1ccc(C(F)(F)F)cc1)(c1ccc(C(F)(F)F)cc1)c1ccc(C(F)(F)F)cc1)C(F)(F)F. The van der Waals surface area contributed by atoms with Gasteiger partial charge in [-0.25, -0.2) is 0 Å². The van der Waals surface area contributed by atoms with Crippen LogP contribution in [-0.4, -0.2) is 13.9 Å². The molecule has 0 spiro atoms. The first-order valence-corrected chi connectivity index (χ1v) is 12.9. The van der Waals surface area contributed by atoms with E-state index in [1.165, 1.54) is 0 Å². The summed E-state index contributed by atoms with van der Waals surface area (Å²) in [6.45, 7) is 0. The molecular formula is C22H12F12O3S2. The third kappa shape index (κ3) is 6.30. The lowest BCUT2D eigenvalue weighted by molar-refractivity contribution is -0.138. The summed E-state index contributed by atoms with van der Waals surface area (Å²) in [6, 6.07) is 5.22. The molecule has 0 saturated heterocycles. The van der Waals surface area contributed by atoms with Gasteiger partial charge in [0, 0.05) is 14.7 Å². The Morgan fingerprint density at radius 3 is 0.846 bits per heavy atom. The minimum atomic E-state index is -6.65. The Labute approximate surface area is 213 Å². The van der Waals surface area contributed by atoms with Crippen LogP contribution in [-0.2, 0) is 32.3 Å². The van der Waals surface area contributed by atoms with Crippen molar-refractivity contribution in [3.8, 4) is 0 Å². The van der Waals surface area contributed by atoms with E-state index >= 15 is 0 Å². The van der Waals surface area contributed by atoms with E-state index in [1.807, 2.05) is 0 Å². The van der Waals surface area contributed by atoms with E-state index < -0.39 is 75.8 Å². The molecule has 0 fully saturated rings. The van der Waals surface area contributed by atoms with E-state index in [2.05, 4.69) is 3.63 Å². The van der Waals surface area contributed by atoms with Crippen molar-refractivity contribution < 1.29 is 64.7 Å². The highest BCUT2D eigenvalue weighted by molar-refractivity contribution is 8.33. The summed E-state index contributed by atoms with van der Waals surface area (Å²) in [7, 11) is -11.1. The highest BCUT2D eigenvalue weighted by atomic mass is 32.3. The zero-order valence-corrected chi connectivity index (χ0v) is 20.1. The number of hydrogen-bond acceptors (Lipinski definition) is 3. The van der Waals surface area contributed by atoms with Crippen molar-refractivity contribution >= 4 is 20.4 Å². The van der Waals surface area contributed by atoms with Crippen LogP contribution in [0.5, 0.6) is 0 Å². The maximum absolute atomic E-state index is 13.4. The molecule has 3 rings (SSSR count). The minimum absolute atomic E-state index is 0.342. The smallest absolute Gasteiger partial charge is 0.200 e. The molecule has 0 atom stereocenters. The molecule has 0 aliphatic rings. The normalized spacial score (nSPS) is 14.4. The van der Waals surface area contributed by atoms with Crippen LogP contribution in [0.25, 0.3) is 0 Å². The van der Waals surface area contributed by atoms with Gasteiger partial charge in [-0.05, 0) is 83.1 Å². The second-order valence-corrected chi connectivity index (χ2v) is 12.0. The first-order chi connectivity index (χ1) is 17.6. The minimum Gasteiger partial charge on any atom is -0.200 e. The summed E-state index contributed by atoms with van der Waals surface area (Å²) >= 11 is 0. The van der Waals surface area contributed by atoms with E-state index in [-0.39, 0.29) is 0 Å². The van der Waals surface area contributed by atoms with E-state index in [1.54, 1.807) is 0 Å². The van der Waals surface area contributed by atoms with Gasteiger partial charge in [0.15, 0.2) is 0 Å². The van der Waals surface area contributed by atoms with Crippen LogP contribution in [0.1, 0.15) is 16.7 Å². The van der Waals surface area contributed by atoms with Crippen LogP contribution < -0.4 is 0 Å². The van der Waals surface area contributed by atoms with Crippen molar-refractivity contribution in [1.82, 2.24) is 0 Å². The fraction of sp³-hybridized carbons (Fsp3) is 0.182. The fourth-order valence-electron chi connectivity index (χ4n) is 3.21. The van der Waals surface area contributed by atoms with Gasteiger partial charge >= 0.3 is 34.2 Å². The molecule has 39 heavy (non-hydrogen) atoms. The van der Waals surface area contributed by atoms with Crippen molar-refractivity contribution in [3.63, 3.8) is 0 Å². The van der Waals surface area contributed by atoms with Gasteiger partial charge in [-0.1, -0.05) is 0 Å². The Kier molecular flexibility index (Phi) is 7.79. The predicted molar refractivity (Wildman–Crippen MR) is 113 cm³/mol. The van der Waals surface area contributed by atoms with Crippen LogP contribution >= 0.6 is 10.3 Å². The van der Waals surface area contributed by atoms with Gasteiger partial charge in [0.2, 0.25) is 0 Å². The molecule has 0 radical (unpaired) electrons. The van der Waals surface area contributed by atoms with Crippen molar-refractivity contribution in [2.24, 2.45) is 0 Å². The molecule has 0 amide bonds. The Hall–Kier alpha value is -2.92. The van der Waals surface area contributed by atoms with E-state index in [0.29, 0.717) is 72.8 Å². The molecule has 3 nitrogen and oxygen atoms in total. The van der Waals surface area contributed by atoms with Gasteiger partial charge < -0.3 is 0 Å². The van der Waals surface area contributed by atoms with Crippen LogP contribution in [0.4, 0.5) is 52.7 Å². The molecule has 0 N–H and O–H groups in total. The van der Waals surface area contributed by atoms with Crippen molar-refractivity contribution in [1.29, 1.82) is 0 Å². The van der Waals surface area contributed by atoms with Gasteiger partial charge in [0.1, 0.15) is 0 Å². The number of halogens is 12. The molecule has 214 valence electrons. The Morgan fingerprint density at radius 1 is 0.436 bits per heavy atom. The second-order valence-electron chi connectivity index (χ2n) is 7.59. The fourth-order valence-corrected chi connectivity index (χ4v) is 7.91. The molecule has 0 aliphatic carbocycles. The number of alkyl halides is 12. The third-order valence-corrected chi connectivity index (χ3v) is 9.92. The summed E-state index contributed by atoms with van der Waals surface area (Å²) in [4.78, 5) is -2.12. The highest BCUT2D eigenvalue weighted by Gasteiger charge is 2.53. The first kappa shape index (κ1) is 30.6. The quantitative estimate of drug-likeness (QED) is 0.213. The van der Waals surface area contributed by atoms with E-state index in [9.17, 15) is 61.1 Å². The monoisotopic (exact) mass is 616 g/mol. The molecule has 3 aromatic carbocycles. The maximum atomic E-state index is 13.4. The molecule has 0 unspecified atom stereocenters. The van der Waals surface area contributed by atoms with Crippen molar-refractivity contribution in [3.05, 3.63) is 89.5 Å². The van der Waals surface area contributed by atoms with Crippen LogP contribution in [0, 0.1) is 0 Å². The molecule has 0 bridgehead atoms. The van der Waals surface area contributed by atoms with E-state index in [4.69, 9.17) is 0 Å². The van der Waals surface area contributed by atoms with Gasteiger partial charge in [0.25, 0.3) is 0 Å². The first-order valence-electron chi connectivity index (χ1n) is 9.97. The molecule has 0 saturated carbocycles. The zero-order valence-electron chi connectivity index (χ0n) is 18.5. The number of hydrogen-bond donors (Lipinski definition) is 0. The lowest BCUT2D eigenvalue weighted by Crippen LogP contribution is -2.27. The molecule has 0 aromatic heterocycles. The van der Waals surface area contributed by atoms with Gasteiger partial charge in [0.05, 0.1) is 16.7 Å². The second kappa shape index (κ2) is 9.92. The molecular weight excluding hydrogens is 604 g/mol. The topological polar surface area (TPSA) is 43.4 Å². The lowest BCUT2D eigenvalue weighted by Gasteiger charge is -2.39. The lowest BCUT2D eigenvalue weighted by atomic mass is 10.2. The summed E-state index contributed by atoms with van der Waals surface area (Å²) in [5, 5.41) is 0. The predicted octanol–water partition coefficient (Wildman–Crippen LogP) is 8.81. The molecule has 0 heterocycles. The largest absolute Gasteiger partial charge is 0.524 e. The van der Waals surface area contributed by atoms with Crippen LogP contribution in [0.3, 0.4) is 0 Å². The summed E-state index contributed by atoms with van der Waals surface area (Å²) < 4.78 is 187. The Bertz CT molecular complexity index is 1270.